The lowest BCUT2D eigenvalue weighted by molar-refractivity contribution is -0.119. The molecule has 0 aromatic carbocycles. The number of halogens is 3. The Kier molecular flexibility index (Phi) is 7.88. The molecule has 1 amide bonds. The molecule has 10 nitrogen and oxygen atoms in total. The van der Waals surface area contributed by atoms with Crippen LogP contribution < -0.4 is 11.1 Å². The number of carbonyl (C=O) groups is 4. The third kappa shape index (κ3) is 5.27. The van der Waals surface area contributed by atoms with Crippen LogP contribution in [0, 0.1) is 6.92 Å². The zero-order chi connectivity index (χ0) is 23.5. The zero-order valence-corrected chi connectivity index (χ0v) is 18.7. The molecule has 31 heavy (non-hydrogen) atoms. The summed E-state index contributed by atoms with van der Waals surface area (Å²) < 4.78 is 15.1. The highest BCUT2D eigenvalue weighted by molar-refractivity contribution is 6.46. The Hall–Kier alpha value is -2.82. The van der Waals surface area contributed by atoms with Crippen LogP contribution in [0.1, 0.15) is 50.8 Å². The second-order valence-electron chi connectivity index (χ2n) is 5.93. The SMILES string of the molecule is CCOC(=O)c1c(NC(=O)COC(=O)c2nc(Cl)c(Cl)c(N)c2Cl)oc(C)c1C(C)=O. The fourth-order valence-electron chi connectivity index (χ4n) is 2.48. The Labute approximate surface area is 190 Å². The van der Waals surface area contributed by atoms with Crippen LogP contribution in [-0.4, -0.2) is 41.8 Å². The van der Waals surface area contributed by atoms with Gasteiger partial charge >= 0.3 is 11.9 Å². The molecule has 2 heterocycles. The van der Waals surface area contributed by atoms with E-state index >= 15 is 0 Å². The summed E-state index contributed by atoms with van der Waals surface area (Å²) in [6.45, 7) is 3.47. The number of nitrogen functional groups attached to an aromatic ring is 1. The van der Waals surface area contributed by atoms with E-state index in [-0.39, 0.29) is 50.3 Å². The van der Waals surface area contributed by atoms with Crippen molar-refractivity contribution in [2.75, 3.05) is 24.3 Å². The summed E-state index contributed by atoms with van der Waals surface area (Å²) in [4.78, 5) is 52.2. The number of Topliss-reactive ketones (excluding diaryl/α,β-unsaturated/α-hetero) is 1. The number of aryl methyl sites for hydroxylation is 1. The number of ether oxygens (including phenoxy) is 2. The first-order valence-electron chi connectivity index (χ1n) is 8.57. The molecule has 2 rings (SSSR count). The molecule has 13 heteroatoms. The third-order valence-corrected chi connectivity index (χ3v) is 4.90. The van der Waals surface area contributed by atoms with Crippen molar-refractivity contribution in [2.45, 2.75) is 20.8 Å². The molecular formula is C18H16Cl3N3O7. The minimum absolute atomic E-state index is 0.0337. The first-order valence-corrected chi connectivity index (χ1v) is 9.71. The van der Waals surface area contributed by atoms with Crippen LogP contribution in [0.2, 0.25) is 15.2 Å². The van der Waals surface area contributed by atoms with Gasteiger partial charge in [0.15, 0.2) is 23.2 Å². The molecule has 0 saturated heterocycles. The molecule has 0 atom stereocenters. The van der Waals surface area contributed by atoms with Crippen molar-refractivity contribution >= 4 is 70.0 Å². The fourth-order valence-corrected chi connectivity index (χ4v) is 3.07. The number of furan rings is 1. The number of hydrogen-bond acceptors (Lipinski definition) is 9. The number of nitrogens with zero attached hydrogens (tertiary/aromatic N) is 1. The predicted molar refractivity (Wildman–Crippen MR) is 112 cm³/mol. The first kappa shape index (κ1) is 24.4. The van der Waals surface area contributed by atoms with E-state index in [1.165, 1.54) is 13.8 Å². The number of rotatable bonds is 7. The number of aromatic nitrogens is 1. The molecule has 0 radical (unpaired) electrons. The van der Waals surface area contributed by atoms with Gasteiger partial charge in [0.25, 0.3) is 5.91 Å². The van der Waals surface area contributed by atoms with Gasteiger partial charge < -0.3 is 19.6 Å². The first-order chi connectivity index (χ1) is 14.5. The molecule has 0 aliphatic rings. The Morgan fingerprint density at radius 3 is 2.29 bits per heavy atom. The van der Waals surface area contributed by atoms with E-state index in [1.807, 2.05) is 0 Å². The van der Waals surface area contributed by atoms with Gasteiger partial charge in [-0.15, -0.1) is 0 Å². The molecule has 0 saturated carbocycles. The smallest absolute Gasteiger partial charge is 0.359 e. The number of anilines is 2. The van der Waals surface area contributed by atoms with Crippen molar-refractivity contribution in [3.05, 3.63) is 37.8 Å². The molecule has 2 aromatic heterocycles. The number of nitrogens with two attached hydrogens (primary N) is 1. The van der Waals surface area contributed by atoms with Gasteiger partial charge in [-0.1, -0.05) is 34.8 Å². The maximum Gasteiger partial charge on any atom is 0.359 e. The van der Waals surface area contributed by atoms with Crippen molar-refractivity contribution < 1.29 is 33.1 Å². The Morgan fingerprint density at radius 2 is 1.71 bits per heavy atom. The number of pyridine rings is 1. The van der Waals surface area contributed by atoms with Gasteiger partial charge in [-0.05, 0) is 20.8 Å². The molecule has 0 spiro atoms. The van der Waals surface area contributed by atoms with E-state index in [0.29, 0.717) is 0 Å². The van der Waals surface area contributed by atoms with Gasteiger partial charge in [0.2, 0.25) is 5.88 Å². The molecule has 166 valence electrons. The summed E-state index contributed by atoms with van der Waals surface area (Å²) in [5, 5.41) is 1.55. The van der Waals surface area contributed by atoms with E-state index in [4.69, 9.17) is 54.4 Å². The minimum atomic E-state index is -1.10. The number of amides is 1. The van der Waals surface area contributed by atoms with E-state index in [9.17, 15) is 19.2 Å². The summed E-state index contributed by atoms with van der Waals surface area (Å²) in [5.74, 6) is -3.53. The quantitative estimate of drug-likeness (QED) is 0.335. The van der Waals surface area contributed by atoms with Crippen molar-refractivity contribution in [3.8, 4) is 0 Å². The number of esters is 2. The maximum absolute atomic E-state index is 12.2. The lowest BCUT2D eigenvalue weighted by Gasteiger charge is -2.09. The number of ketones is 1. The largest absolute Gasteiger partial charge is 0.462 e. The van der Waals surface area contributed by atoms with Crippen LogP contribution in [0.15, 0.2) is 4.42 Å². The molecule has 3 N–H and O–H groups in total. The predicted octanol–water partition coefficient (Wildman–Crippen LogP) is 3.70. The van der Waals surface area contributed by atoms with Gasteiger partial charge in [0, 0.05) is 0 Å². The van der Waals surface area contributed by atoms with Gasteiger partial charge in [-0.2, -0.15) is 0 Å². The molecular weight excluding hydrogens is 477 g/mol. The van der Waals surface area contributed by atoms with Crippen molar-refractivity contribution in [2.24, 2.45) is 0 Å². The highest BCUT2D eigenvalue weighted by atomic mass is 35.5. The number of carbonyl (C=O) groups excluding carboxylic acids is 4. The second kappa shape index (κ2) is 9.99. The minimum Gasteiger partial charge on any atom is -0.462 e. The van der Waals surface area contributed by atoms with Crippen LogP contribution >= 0.6 is 34.8 Å². The van der Waals surface area contributed by atoms with Gasteiger partial charge in [0.1, 0.15) is 16.3 Å². The summed E-state index contributed by atoms with van der Waals surface area (Å²) in [5.41, 5.74) is 4.73. The monoisotopic (exact) mass is 491 g/mol. The molecule has 2 aromatic rings. The summed E-state index contributed by atoms with van der Waals surface area (Å²) in [6, 6.07) is 0. The Morgan fingerprint density at radius 1 is 1.06 bits per heavy atom. The normalized spacial score (nSPS) is 10.5. The average molecular weight is 493 g/mol. The van der Waals surface area contributed by atoms with E-state index in [2.05, 4.69) is 10.3 Å². The molecule has 0 aliphatic carbocycles. The molecule has 0 unspecified atom stereocenters. The lowest BCUT2D eigenvalue weighted by atomic mass is 10.1. The summed E-state index contributed by atoms with van der Waals surface area (Å²) in [6.07, 6.45) is 0. The van der Waals surface area contributed by atoms with Crippen LogP contribution in [0.3, 0.4) is 0 Å². The number of nitrogens with one attached hydrogen (secondary N) is 1. The fraction of sp³-hybridized carbons (Fsp3) is 0.278. The maximum atomic E-state index is 12.2. The highest BCUT2D eigenvalue weighted by Gasteiger charge is 2.29. The Bertz CT molecular complexity index is 1080. The summed E-state index contributed by atoms with van der Waals surface area (Å²) in [7, 11) is 0. The lowest BCUT2D eigenvalue weighted by Crippen LogP contribution is -2.23. The topological polar surface area (TPSA) is 151 Å². The average Bonchev–Trinajstić information content (AvgIpc) is 3.03. The molecule has 0 aliphatic heterocycles. The van der Waals surface area contributed by atoms with Gasteiger partial charge in [-0.3, -0.25) is 14.9 Å². The second-order valence-corrected chi connectivity index (χ2v) is 7.05. The highest BCUT2D eigenvalue weighted by Crippen LogP contribution is 2.34. The van der Waals surface area contributed by atoms with Crippen molar-refractivity contribution in [3.63, 3.8) is 0 Å². The van der Waals surface area contributed by atoms with Gasteiger partial charge in [0.05, 0.1) is 22.9 Å². The van der Waals surface area contributed by atoms with E-state index in [0.717, 1.165) is 0 Å². The van der Waals surface area contributed by atoms with Crippen LogP contribution in [0.25, 0.3) is 0 Å². The standard InChI is InChI=1S/C18H16Cl3N3O7/c1-4-29-17(27)10-9(6(2)25)7(3)31-16(10)23-8(26)5-30-18(28)14-11(19)13(22)12(20)15(21)24-14/h4-5H2,1-3H3,(H2,22,24)(H,23,26). The van der Waals surface area contributed by atoms with Crippen LogP contribution in [-0.2, 0) is 14.3 Å². The van der Waals surface area contributed by atoms with E-state index < -0.39 is 35.9 Å². The Balaban J connectivity index is 2.19. The van der Waals surface area contributed by atoms with Crippen molar-refractivity contribution in [1.29, 1.82) is 0 Å². The molecule has 0 bridgehead atoms. The zero-order valence-electron chi connectivity index (χ0n) is 16.4. The third-order valence-electron chi connectivity index (χ3n) is 3.77. The number of hydrogen-bond donors (Lipinski definition) is 2. The van der Waals surface area contributed by atoms with Gasteiger partial charge in [-0.25, -0.2) is 14.6 Å². The van der Waals surface area contributed by atoms with Crippen LogP contribution in [0.5, 0.6) is 0 Å². The van der Waals surface area contributed by atoms with E-state index in [1.54, 1.807) is 6.92 Å². The van der Waals surface area contributed by atoms with Crippen molar-refractivity contribution in [1.82, 2.24) is 4.98 Å². The molecule has 0 fully saturated rings. The summed E-state index contributed by atoms with van der Waals surface area (Å²) >= 11 is 17.5. The van der Waals surface area contributed by atoms with Crippen LogP contribution in [0.4, 0.5) is 11.6 Å².